The summed E-state index contributed by atoms with van der Waals surface area (Å²) in [5.74, 6) is 2.62. The molecule has 37 heavy (non-hydrogen) atoms. The molecule has 6 nitrogen and oxygen atoms in total. The molecule has 2 N–H and O–H groups in total. The number of phenolic OH excluding ortho intramolecular Hbond substituents is 1. The lowest BCUT2D eigenvalue weighted by Gasteiger charge is -2.31. The number of hydrogen-bond acceptors (Lipinski definition) is 5. The Labute approximate surface area is 217 Å². The molecule has 3 atom stereocenters. The number of allylic oxidation sites excluding steroid dienone is 1. The van der Waals surface area contributed by atoms with E-state index in [1.807, 2.05) is 36.5 Å². The molecule has 1 fully saturated rings. The van der Waals surface area contributed by atoms with E-state index in [0.29, 0.717) is 12.6 Å². The van der Waals surface area contributed by atoms with E-state index in [1.165, 1.54) is 6.42 Å². The van der Waals surface area contributed by atoms with Crippen molar-refractivity contribution in [2.45, 2.75) is 39.3 Å². The SMILES string of the molecule is CC1=C(c2cccc3[nH]ncc23)C(c2ccc(OCC(C)N3CCC(C)C3)cc2)Oc2ccc(O)cc21. The summed E-state index contributed by atoms with van der Waals surface area (Å²) >= 11 is 0. The lowest BCUT2D eigenvalue weighted by molar-refractivity contribution is 0.169. The zero-order chi connectivity index (χ0) is 25.5. The molecule has 0 radical (unpaired) electrons. The van der Waals surface area contributed by atoms with Gasteiger partial charge in [0, 0.05) is 29.1 Å². The molecule has 4 aromatic rings. The first kappa shape index (κ1) is 23.6. The molecule has 6 heteroatoms. The zero-order valence-corrected chi connectivity index (χ0v) is 21.6. The molecule has 0 bridgehead atoms. The van der Waals surface area contributed by atoms with Crippen LogP contribution >= 0.6 is 0 Å². The number of likely N-dealkylation sites (tertiary alicyclic amines) is 1. The van der Waals surface area contributed by atoms with Gasteiger partial charge in [0.15, 0.2) is 0 Å². The standard InChI is InChI=1S/C31H33N3O3/c1-19-13-14-34(17-19)20(2)18-36-24-10-7-22(8-11-24)31-30(25-5-4-6-28-27(25)16-32-33-28)21(3)26-15-23(35)9-12-29(26)37-31/h4-12,15-16,19-20,31,35H,13-14,17-18H2,1-3H3,(H,32,33). The van der Waals surface area contributed by atoms with Gasteiger partial charge in [-0.15, -0.1) is 0 Å². The highest BCUT2D eigenvalue weighted by atomic mass is 16.5. The highest BCUT2D eigenvalue weighted by molar-refractivity contribution is 6.03. The van der Waals surface area contributed by atoms with E-state index in [-0.39, 0.29) is 11.9 Å². The van der Waals surface area contributed by atoms with Crippen molar-refractivity contribution < 1.29 is 14.6 Å². The van der Waals surface area contributed by atoms with Crippen molar-refractivity contribution in [3.63, 3.8) is 0 Å². The van der Waals surface area contributed by atoms with Crippen LogP contribution in [0.15, 0.2) is 66.9 Å². The van der Waals surface area contributed by atoms with Gasteiger partial charge in [-0.1, -0.05) is 31.2 Å². The van der Waals surface area contributed by atoms with Crippen LogP contribution in [-0.4, -0.2) is 45.9 Å². The van der Waals surface area contributed by atoms with Crippen LogP contribution in [0.4, 0.5) is 0 Å². The number of nitrogens with one attached hydrogen (secondary N) is 1. The summed E-state index contributed by atoms with van der Waals surface area (Å²) in [7, 11) is 0. The second-order valence-electron chi connectivity index (χ2n) is 10.5. The summed E-state index contributed by atoms with van der Waals surface area (Å²) in [6.45, 7) is 9.64. The number of nitrogens with zero attached hydrogens (tertiary/aromatic N) is 2. The number of aromatic hydroxyl groups is 1. The van der Waals surface area contributed by atoms with Gasteiger partial charge in [0.05, 0.1) is 11.7 Å². The average molecular weight is 496 g/mol. The van der Waals surface area contributed by atoms with Gasteiger partial charge >= 0.3 is 0 Å². The van der Waals surface area contributed by atoms with E-state index < -0.39 is 0 Å². The van der Waals surface area contributed by atoms with Crippen LogP contribution in [-0.2, 0) is 0 Å². The molecule has 3 unspecified atom stereocenters. The topological polar surface area (TPSA) is 70.6 Å². The van der Waals surface area contributed by atoms with Gasteiger partial charge in [-0.2, -0.15) is 5.10 Å². The number of rotatable bonds is 6. The number of H-pyrrole nitrogens is 1. The highest BCUT2D eigenvalue weighted by Crippen LogP contribution is 2.48. The Morgan fingerprint density at radius 2 is 1.97 bits per heavy atom. The van der Waals surface area contributed by atoms with Crippen molar-refractivity contribution in [3.05, 3.63) is 83.6 Å². The monoisotopic (exact) mass is 495 g/mol. The molecular formula is C31H33N3O3. The molecule has 0 spiro atoms. The summed E-state index contributed by atoms with van der Waals surface area (Å²) in [6.07, 6.45) is 2.82. The molecule has 0 aliphatic carbocycles. The van der Waals surface area contributed by atoms with E-state index in [1.54, 1.807) is 12.1 Å². The van der Waals surface area contributed by atoms with Crippen molar-refractivity contribution >= 4 is 22.0 Å². The molecule has 2 aliphatic heterocycles. The average Bonchev–Trinajstić information content (AvgIpc) is 3.57. The van der Waals surface area contributed by atoms with Gasteiger partial charge in [-0.05, 0) is 85.8 Å². The maximum absolute atomic E-state index is 10.2. The van der Waals surface area contributed by atoms with Gasteiger partial charge in [-0.25, -0.2) is 0 Å². The third-order valence-electron chi connectivity index (χ3n) is 7.81. The number of aromatic amines is 1. The third kappa shape index (κ3) is 4.46. The van der Waals surface area contributed by atoms with Crippen molar-refractivity contribution in [3.8, 4) is 17.2 Å². The van der Waals surface area contributed by atoms with Crippen molar-refractivity contribution in [2.24, 2.45) is 5.92 Å². The molecule has 1 saturated heterocycles. The van der Waals surface area contributed by atoms with Gasteiger partial charge in [-0.3, -0.25) is 10.00 Å². The van der Waals surface area contributed by atoms with E-state index in [0.717, 1.165) is 69.2 Å². The molecular weight excluding hydrogens is 462 g/mol. The molecule has 2 aliphatic rings. The second-order valence-corrected chi connectivity index (χ2v) is 10.5. The lowest BCUT2D eigenvalue weighted by atomic mass is 9.85. The minimum Gasteiger partial charge on any atom is -0.508 e. The quantitative estimate of drug-likeness (QED) is 0.322. The molecule has 3 heterocycles. The van der Waals surface area contributed by atoms with E-state index in [4.69, 9.17) is 9.47 Å². The number of fused-ring (bicyclic) bond motifs is 2. The summed E-state index contributed by atoms with van der Waals surface area (Å²) in [5.41, 5.74) is 6.12. The fraction of sp³-hybridized carbons (Fsp3) is 0.323. The Balaban J connectivity index is 1.32. The van der Waals surface area contributed by atoms with Crippen LogP contribution in [0, 0.1) is 5.92 Å². The maximum Gasteiger partial charge on any atom is 0.150 e. The Morgan fingerprint density at radius 3 is 2.76 bits per heavy atom. The molecule has 6 rings (SSSR count). The minimum atomic E-state index is -0.309. The number of phenols is 1. The maximum atomic E-state index is 10.2. The van der Waals surface area contributed by atoms with E-state index in [2.05, 4.69) is 54.1 Å². The van der Waals surface area contributed by atoms with Crippen LogP contribution < -0.4 is 9.47 Å². The Kier molecular flexibility index (Phi) is 6.13. The zero-order valence-electron chi connectivity index (χ0n) is 21.6. The van der Waals surface area contributed by atoms with Crippen LogP contribution in [0.2, 0.25) is 0 Å². The lowest BCUT2D eigenvalue weighted by Crippen LogP contribution is -2.35. The first-order chi connectivity index (χ1) is 18.0. The third-order valence-corrected chi connectivity index (χ3v) is 7.81. The van der Waals surface area contributed by atoms with Gasteiger partial charge in [0.2, 0.25) is 0 Å². The Bertz CT molecular complexity index is 1460. The van der Waals surface area contributed by atoms with E-state index >= 15 is 0 Å². The normalized spacial score (nSPS) is 20.6. The summed E-state index contributed by atoms with van der Waals surface area (Å²) in [4.78, 5) is 2.51. The Morgan fingerprint density at radius 1 is 1.14 bits per heavy atom. The summed E-state index contributed by atoms with van der Waals surface area (Å²) < 4.78 is 12.8. The van der Waals surface area contributed by atoms with Gasteiger partial charge in [0.25, 0.3) is 0 Å². The highest BCUT2D eigenvalue weighted by Gasteiger charge is 2.31. The predicted octanol–water partition coefficient (Wildman–Crippen LogP) is 6.44. The second kappa shape index (κ2) is 9.60. The molecule has 190 valence electrons. The van der Waals surface area contributed by atoms with Gasteiger partial charge < -0.3 is 14.6 Å². The van der Waals surface area contributed by atoms with Crippen LogP contribution in [0.25, 0.3) is 22.0 Å². The molecule has 0 saturated carbocycles. The minimum absolute atomic E-state index is 0.222. The van der Waals surface area contributed by atoms with Crippen molar-refractivity contribution in [1.82, 2.24) is 15.1 Å². The number of hydrogen-bond donors (Lipinski definition) is 2. The Hall–Kier alpha value is -3.77. The number of benzene rings is 3. The van der Waals surface area contributed by atoms with Gasteiger partial charge in [0.1, 0.15) is 30.0 Å². The molecule has 3 aromatic carbocycles. The largest absolute Gasteiger partial charge is 0.508 e. The molecule has 0 amide bonds. The number of aromatic nitrogens is 2. The van der Waals surface area contributed by atoms with Crippen molar-refractivity contribution in [2.75, 3.05) is 19.7 Å². The summed E-state index contributed by atoms with van der Waals surface area (Å²) in [6, 6.07) is 20.1. The number of ether oxygens (including phenoxy) is 2. The molecule has 1 aromatic heterocycles. The first-order valence-electron chi connectivity index (χ1n) is 13.1. The first-order valence-corrected chi connectivity index (χ1v) is 13.1. The fourth-order valence-corrected chi connectivity index (χ4v) is 5.65. The van der Waals surface area contributed by atoms with Crippen LogP contribution in [0.5, 0.6) is 17.2 Å². The smallest absolute Gasteiger partial charge is 0.150 e. The summed E-state index contributed by atoms with van der Waals surface area (Å²) in [5, 5.41) is 18.6. The van der Waals surface area contributed by atoms with E-state index in [9.17, 15) is 5.11 Å². The van der Waals surface area contributed by atoms with Crippen molar-refractivity contribution in [1.29, 1.82) is 0 Å². The predicted molar refractivity (Wildman–Crippen MR) is 147 cm³/mol. The fourth-order valence-electron chi connectivity index (χ4n) is 5.65. The van der Waals surface area contributed by atoms with Crippen LogP contribution in [0.1, 0.15) is 50.0 Å². The van der Waals surface area contributed by atoms with Crippen LogP contribution in [0.3, 0.4) is 0 Å².